The number of rotatable bonds is 11. The van der Waals surface area contributed by atoms with Crippen LogP contribution in [0.5, 0.6) is 11.6 Å². The average Bonchev–Trinajstić information content (AvgIpc) is 3.24. The van der Waals surface area contributed by atoms with E-state index in [1.165, 1.54) is 13.0 Å². The molecule has 0 radical (unpaired) electrons. The molecule has 1 aliphatic heterocycles. The third-order valence-corrected chi connectivity index (χ3v) is 9.64. The van der Waals surface area contributed by atoms with E-state index in [1.54, 1.807) is 37.4 Å². The maximum absolute atomic E-state index is 16.8. The molecule has 1 saturated heterocycles. The Morgan fingerprint density at radius 3 is 2.65 bits per heavy atom. The van der Waals surface area contributed by atoms with Crippen molar-refractivity contribution < 1.29 is 46.5 Å². The van der Waals surface area contributed by atoms with Gasteiger partial charge in [0.05, 0.1) is 25.1 Å². The summed E-state index contributed by atoms with van der Waals surface area (Å²) in [7, 11) is -4.85. The van der Waals surface area contributed by atoms with E-state index in [2.05, 4.69) is 25.0 Å². The predicted molar refractivity (Wildman–Crippen MR) is 167 cm³/mol. The van der Waals surface area contributed by atoms with Crippen LogP contribution >= 0.6 is 7.75 Å². The minimum atomic E-state index is -4.85. The molecule has 3 unspecified atom stereocenters. The predicted octanol–water partition coefficient (Wildman–Crippen LogP) is 4.16. The summed E-state index contributed by atoms with van der Waals surface area (Å²) in [5, 5.41) is 14.4. The third kappa shape index (κ3) is 5.52. The first kappa shape index (κ1) is 33.9. The number of esters is 1. The number of nitrogen functional groups attached to an aromatic ring is 1. The van der Waals surface area contributed by atoms with E-state index in [0.717, 1.165) is 17.8 Å². The monoisotopic (exact) mass is 691 g/mol. The molecule has 258 valence electrons. The molecule has 4 N–H and O–H groups in total. The molecule has 7 atom stereocenters. The van der Waals surface area contributed by atoms with Gasteiger partial charge in [-0.25, -0.2) is 18.3 Å². The van der Waals surface area contributed by atoms with E-state index in [0.29, 0.717) is 10.9 Å². The molecule has 0 amide bonds. The first-order valence-electron chi connectivity index (χ1n) is 15.1. The zero-order valence-corrected chi connectivity index (χ0v) is 27.9. The van der Waals surface area contributed by atoms with E-state index >= 15 is 8.78 Å². The van der Waals surface area contributed by atoms with Crippen molar-refractivity contribution in [2.24, 2.45) is 5.41 Å². The minimum Gasteiger partial charge on any atom is -0.476 e. The molecule has 6 rings (SSSR count). The number of nitrogens with zero attached hydrogens (tertiary/aromatic N) is 5. The Morgan fingerprint density at radius 1 is 1.23 bits per heavy atom. The van der Waals surface area contributed by atoms with Crippen molar-refractivity contribution in [2.75, 3.05) is 18.9 Å². The summed E-state index contributed by atoms with van der Waals surface area (Å²) in [4.78, 5) is 29.3. The Bertz CT molecular complexity index is 1940. The van der Waals surface area contributed by atoms with E-state index in [4.69, 9.17) is 29.0 Å². The normalized spacial score (nSPS) is 28.5. The topological polar surface area (TPSA) is 195 Å². The molecular formula is C30H36F2N7O8P. The van der Waals surface area contributed by atoms with Crippen LogP contribution in [0.4, 0.5) is 14.7 Å². The summed E-state index contributed by atoms with van der Waals surface area (Å²) in [5.74, 6) is -4.27. The number of hydrogen-bond donors (Lipinski definition) is 3. The highest BCUT2D eigenvalue weighted by Crippen LogP contribution is 2.73. The molecule has 3 aromatic heterocycles. The molecule has 0 spiro atoms. The van der Waals surface area contributed by atoms with Gasteiger partial charge in [0.15, 0.2) is 34.8 Å². The van der Waals surface area contributed by atoms with E-state index in [-0.39, 0.29) is 47.4 Å². The number of carbonyl (C=O) groups is 1. The number of benzene rings is 1. The zero-order chi connectivity index (χ0) is 34.9. The summed E-state index contributed by atoms with van der Waals surface area (Å²) in [5.41, 5.74) is -0.00416. The number of halogens is 2. The van der Waals surface area contributed by atoms with Gasteiger partial charge in [0.25, 0.3) is 5.85 Å². The molecule has 1 saturated carbocycles. The third-order valence-electron chi connectivity index (χ3n) is 8.01. The van der Waals surface area contributed by atoms with E-state index in [9.17, 15) is 14.5 Å². The van der Waals surface area contributed by atoms with Gasteiger partial charge in [-0.15, -0.1) is 0 Å². The van der Waals surface area contributed by atoms with Crippen LogP contribution in [0.3, 0.4) is 0 Å². The van der Waals surface area contributed by atoms with Gasteiger partial charge < -0.3 is 29.6 Å². The van der Waals surface area contributed by atoms with Crippen molar-refractivity contribution in [3.8, 4) is 11.6 Å². The Morgan fingerprint density at radius 2 is 1.98 bits per heavy atom. The summed E-state index contributed by atoms with van der Waals surface area (Å²) in [6.45, 7) is 9.74. The van der Waals surface area contributed by atoms with Gasteiger partial charge >= 0.3 is 13.7 Å². The summed E-state index contributed by atoms with van der Waals surface area (Å²) >= 11 is 0. The lowest BCUT2D eigenvalue weighted by molar-refractivity contribution is -0.156. The largest absolute Gasteiger partial charge is 0.476 e. The molecule has 4 heterocycles. The van der Waals surface area contributed by atoms with Gasteiger partial charge in [-0.1, -0.05) is 26.8 Å². The standard InChI is InChI=1S/C30H36F2N7O8P/c1-7-43-22-20-21(36-26(33)37-22)39(15-35-20)25-28(6,31)29(41)24(30(29,32)45-25)47-48(42,38-16(2)23(40)44-14-27(3,4)5)46-19-12-8-11-18-17(19)10-9-13-34-18/h8-13,15-16,24-25,41H,7,14H2,1-6H3,(H,38,42)(H2,33,36,37)/t16?,24?,25-,28+,29+,30-,48?/m1/s1. The van der Waals surface area contributed by atoms with Gasteiger partial charge in [-0.3, -0.25) is 18.9 Å². The van der Waals surface area contributed by atoms with Crippen LogP contribution in [0.25, 0.3) is 22.1 Å². The number of ether oxygens (including phenoxy) is 3. The molecule has 18 heteroatoms. The zero-order valence-electron chi connectivity index (χ0n) is 27.0. The van der Waals surface area contributed by atoms with Crippen LogP contribution < -0.4 is 20.1 Å². The van der Waals surface area contributed by atoms with Crippen molar-refractivity contribution in [2.45, 2.75) is 77.0 Å². The van der Waals surface area contributed by atoms with E-state index in [1.807, 2.05) is 20.8 Å². The number of anilines is 1. The first-order valence-corrected chi connectivity index (χ1v) is 16.7. The molecular weight excluding hydrogens is 655 g/mol. The van der Waals surface area contributed by atoms with Gasteiger partial charge in [0.1, 0.15) is 11.8 Å². The van der Waals surface area contributed by atoms with Crippen LogP contribution in [-0.2, 0) is 23.4 Å². The fraction of sp³-hybridized carbons (Fsp3) is 0.500. The van der Waals surface area contributed by atoms with Crippen molar-refractivity contribution in [3.63, 3.8) is 0 Å². The molecule has 48 heavy (non-hydrogen) atoms. The van der Waals surface area contributed by atoms with Crippen molar-refractivity contribution in [1.29, 1.82) is 0 Å². The number of pyridine rings is 1. The lowest BCUT2D eigenvalue weighted by atomic mass is 9.97. The molecule has 1 aliphatic carbocycles. The van der Waals surface area contributed by atoms with Gasteiger partial charge in [-0.05, 0) is 50.5 Å². The molecule has 2 aliphatic rings. The fourth-order valence-corrected chi connectivity index (χ4v) is 7.27. The number of alkyl halides is 2. The smallest absolute Gasteiger partial charge is 0.460 e. The Hall–Kier alpha value is -4.02. The number of aromatic nitrogens is 5. The highest BCUT2D eigenvalue weighted by Gasteiger charge is 2.96. The van der Waals surface area contributed by atoms with Gasteiger partial charge in [-0.2, -0.15) is 15.1 Å². The Balaban J connectivity index is 1.31. The SMILES string of the molecule is CCOc1nc(N)nc2c1ncn2[C@@H]1O[C@]2(F)C(OP(=O)(NC(C)C(=O)OCC(C)(C)C)Oc3cccc4ncccc34)[C@]2(O)[C@@]1(C)F. The van der Waals surface area contributed by atoms with Crippen LogP contribution in [0.2, 0.25) is 0 Å². The minimum absolute atomic E-state index is 0.00790. The number of imidazole rings is 1. The average molecular weight is 692 g/mol. The number of fused-ring (bicyclic) bond motifs is 3. The van der Waals surface area contributed by atoms with Crippen LogP contribution in [0.15, 0.2) is 42.9 Å². The maximum atomic E-state index is 16.8. The highest BCUT2D eigenvalue weighted by molar-refractivity contribution is 7.52. The molecule has 15 nitrogen and oxygen atoms in total. The van der Waals surface area contributed by atoms with Gasteiger partial charge in [0.2, 0.25) is 11.8 Å². The molecule has 1 aromatic carbocycles. The van der Waals surface area contributed by atoms with Crippen molar-refractivity contribution in [3.05, 3.63) is 42.9 Å². The Kier molecular flexibility index (Phi) is 8.15. The van der Waals surface area contributed by atoms with Crippen LogP contribution in [-0.4, -0.2) is 78.1 Å². The quantitative estimate of drug-likeness (QED) is 0.150. The van der Waals surface area contributed by atoms with Crippen LogP contribution in [0.1, 0.15) is 47.8 Å². The highest BCUT2D eigenvalue weighted by atomic mass is 31.2. The van der Waals surface area contributed by atoms with Crippen molar-refractivity contribution >= 4 is 41.7 Å². The van der Waals surface area contributed by atoms with Crippen molar-refractivity contribution in [1.82, 2.24) is 29.6 Å². The lowest BCUT2D eigenvalue weighted by Crippen LogP contribution is -2.45. The second kappa shape index (κ2) is 11.6. The second-order valence-electron chi connectivity index (χ2n) is 13.0. The molecule has 2 fully saturated rings. The van der Waals surface area contributed by atoms with Gasteiger partial charge in [0, 0.05) is 11.6 Å². The van der Waals surface area contributed by atoms with Crippen LogP contribution in [0, 0.1) is 5.41 Å². The number of nitrogens with two attached hydrogens (primary N) is 1. The summed E-state index contributed by atoms with van der Waals surface area (Å²) in [6.07, 6.45) is -1.37. The number of nitrogens with one attached hydrogen (secondary N) is 1. The summed E-state index contributed by atoms with van der Waals surface area (Å²) < 4.78 is 76.5. The number of hydrogen-bond acceptors (Lipinski definition) is 13. The summed E-state index contributed by atoms with van der Waals surface area (Å²) in [6, 6.07) is 6.63. The first-order chi connectivity index (χ1) is 22.4. The lowest BCUT2D eigenvalue weighted by Gasteiger charge is -2.31. The fourth-order valence-electron chi connectivity index (χ4n) is 5.55. The number of carbonyl (C=O) groups excluding carboxylic acids is 1. The second-order valence-corrected chi connectivity index (χ2v) is 14.7. The molecule has 0 bridgehead atoms. The maximum Gasteiger partial charge on any atom is 0.460 e. The number of aliphatic hydroxyl groups is 1. The Labute approximate surface area is 273 Å². The molecule has 4 aromatic rings. The van der Waals surface area contributed by atoms with E-state index < -0.39 is 49.2 Å².